The first kappa shape index (κ1) is 18.9. The maximum absolute atomic E-state index is 12.5. The van der Waals surface area contributed by atoms with E-state index in [-0.39, 0.29) is 17.5 Å². The van der Waals surface area contributed by atoms with Crippen molar-refractivity contribution in [3.05, 3.63) is 45.0 Å². The summed E-state index contributed by atoms with van der Waals surface area (Å²) in [5.74, 6) is -0.413. The van der Waals surface area contributed by atoms with Crippen molar-refractivity contribution in [2.75, 3.05) is 18.4 Å². The smallest absolute Gasteiger partial charge is 0.287 e. The lowest BCUT2D eigenvalue weighted by Crippen LogP contribution is -2.42. The maximum atomic E-state index is 12.5. The summed E-state index contributed by atoms with van der Waals surface area (Å²) in [5.41, 5.74) is 3.39. The summed E-state index contributed by atoms with van der Waals surface area (Å²) in [6.07, 6.45) is 4.47. The molecule has 0 unspecified atom stereocenters. The predicted molar refractivity (Wildman–Crippen MR) is 103 cm³/mol. The fourth-order valence-corrected chi connectivity index (χ4v) is 3.44. The van der Waals surface area contributed by atoms with Gasteiger partial charge in [0.15, 0.2) is 5.69 Å². The average Bonchev–Trinajstić information content (AvgIpc) is 2.82. The Morgan fingerprint density at radius 3 is 2.50 bits per heavy atom. The van der Waals surface area contributed by atoms with E-state index >= 15 is 0 Å². The van der Waals surface area contributed by atoms with Crippen molar-refractivity contribution in [3.8, 4) is 0 Å². The molecule has 138 valence electrons. The Balaban J connectivity index is 1.68. The number of aromatic amines is 1. The third-order valence-electron chi connectivity index (χ3n) is 4.14. The van der Waals surface area contributed by atoms with Crippen LogP contribution in [0.2, 0.25) is 5.02 Å². The Labute approximate surface area is 164 Å². The number of rotatable bonds is 4. The van der Waals surface area contributed by atoms with Crippen LogP contribution in [0.5, 0.6) is 0 Å². The normalized spacial score (nSPS) is 15.3. The highest BCUT2D eigenvalue weighted by Gasteiger charge is 2.22. The number of nitrogens with zero attached hydrogens (tertiary/aromatic N) is 2. The van der Waals surface area contributed by atoms with Gasteiger partial charge in [0.25, 0.3) is 11.8 Å². The van der Waals surface area contributed by atoms with E-state index in [1.165, 1.54) is 12.8 Å². The van der Waals surface area contributed by atoms with E-state index in [2.05, 4.69) is 36.9 Å². The zero-order valence-corrected chi connectivity index (χ0v) is 16.4. The fourth-order valence-electron chi connectivity index (χ4n) is 2.77. The van der Waals surface area contributed by atoms with Gasteiger partial charge in [-0.05, 0) is 40.9 Å². The van der Waals surface area contributed by atoms with Crippen LogP contribution in [0.1, 0.15) is 46.5 Å². The van der Waals surface area contributed by atoms with Crippen LogP contribution < -0.4 is 10.7 Å². The molecular formula is C17H19BrClN5O2. The third-order valence-corrected chi connectivity index (χ3v) is 5.25. The Morgan fingerprint density at radius 2 is 1.81 bits per heavy atom. The van der Waals surface area contributed by atoms with Gasteiger partial charge in [0.1, 0.15) is 5.82 Å². The molecule has 2 amide bonds. The maximum Gasteiger partial charge on any atom is 0.287 e. The molecule has 2 heterocycles. The number of hydrazine groups is 1. The molecule has 1 saturated heterocycles. The lowest BCUT2D eigenvalue weighted by atomic mass is 10.2. The average molecular weight is 441 g/mol. The first-order chi connectivity index (χ1) is 12.6. The van der Waals surface area contributed by atoms with Crippen molar-refractivity contribution in [1.29, 1.82) is 0 Å². The van der Waals surface area contributed by atoms with Gasteiger partial charge < -0.3 is 5.32 Å². The molecule has 1 aromatic carbocycles. The highest BCUT2D eigenvalue weighted by molar-refractivity contribution is 9.10. The quantitative estimate of drug-likeness (QED) is 0.677. The molecule has 1 aliphatic heterocycles. The number of carbonyl (C=O) groups is 2. The molecule has 3 N–H and O–H groups in total. The number of hydrogen-bond donors (Lipinski definition) is 3. The Morgan fingerprint density at radius 1 is 1.12 bits per heavy atom. The number of carbonyl (C=O) groups excluding carboxylic acids is 2. The Hall–Kier alpha value is -1.90. The summed E-state index contributed by atoms with van der Waals surface area (Å²) in [7, 11) is 0. The number of anilines is 1. The highest BCUT2D eigenvalue weighted by Crippen LogP contribution is 2.25. The van der Waals surface area contributed by atoms with Crippen molar-refractivity contribution >= 4 is 45.2 Å². The fraction of sp³-hybridized carbons (Fsp3) is 0.353. The second-order valence-electron chi connectivity index (χ2n) is 6.04. The van der Waals surface area contributed by atoms with E-state index in [9.17, 15) is 9.59 Å². The molecule has 0 atom stereocenters. The van der Waals surface area contributed by atoms with Crippen LogP contribution in [0.15, 0.2) is 28.7 Å². The van der Waals surface area contributed by atoms with Gasteiger partial charge in [0.2, 0.25) is 0 Å². The van der Waals surface area contributed by atoms with Crippen LogP contribution in [-0.4, -0.2) is 40.1 Å². The minimum atomic E-state index is -0.389. The lowest BCUT2D eigenvalue weighted by Gasteiger charge is -2.20. The van der Waals surface area contributed by atoms with Crippen LogP contribution in [0.4, 0.5) is 5.82 Å². The highest BCUT2D eigenvalue weighted by atomic mass is 79.9. The molecule has 0 saturated carbocycles. The van der Waals surface area contributed by atoms with E-state index in [1.807, 2.05) is 5.01 Å². The molecule has 1 aliphatic rings. The molecule has 0 spiro atoms. The third kappa shape index (κ3) is 4.44. The van der Waals surface area contributed by atoms with E-state index < -0.39 is 0 Å². The molecule has 0 aliphatic carbocycles. The van der Waals surface area contributed by atoms with Gasteiger partial charge in [-0.2, -0.15) is 5.10 Å². The molecule has 9 heteroatoms. The second-order valence-corrected chi connectivity index (χ2v) is 7.24. The van der Waals surface area contributed by atoms with Crippen molar-refractivity contribution in [2.45, 2.75) is 25.7 Å². The van der Waals surface area contributed by atoms with Crippen LogP contribution >= 0.6 is 27.5 Å². The van der Waals surface area contributed by atoms with Crippen molar-refractivity contribution in [3.63, 3.8) is 0 Å². The standard InChI is InChI=1S/C17H19BrClN5O2/c18-13-14(17(26)23-24-9-5-1-2-6-10-24)21-22-15(13)20-16(25)11-7-3-4-8-12(11)19/h3-4,7-8H,1-2,5-6,9-10H2,(H,23,26)(H2,20,21,22,25). The summed E-state index contributed by atoms with van der Waals surface area (Å²) in [6.45, 7) is 1.65. The van der Waals surface area contributed by atoms with Crippen LogP contribution in [0, 0.1) is 0 Å². The van der Waals surface area contributed by atoms with Crippen LogP contribution in [0.3, 0.4) is 0 Å². The summed E-state index contributed by atoms with van der Waals surface area (Å²) < 4.78 is 0.394. The number of amides is 2. The summed E-state index contributed by atoms with van der Waals surface area (Å²) in [5, 5.41) is 11.6. The predicted octanol–water partition coefficient (Wildman–Crippen LogP) is 3.60. The summed E-state index contributed by atoms with van der Waals surface area (Å²) >= 11 is 9.37. The topological polar surface area (TPSA) is 90.1 Å². The Kier molecular flexibility index (Phi) is 6.29. The summed E-state index contributed by atoms with van der Waals surface area (Å²) in [6, 6.07) is 6.73. The first-order valence-corrected chi connectivity index (χ1v) is 9.59. The molecule has 2 aromatic rings. The van der Waals surface area contributed by atoms with Crippen LogP contribution in [0.25, 0.3) is 0 Å². The number of H-pyrrole nitrogens is 1. The van der Waals surface area contributed by atoms with E-state index in [0.29, 0.717) is 20.9 Å². The number of halogens is 2. The molecular weight excluding hydrogens is 422 g/mol. The molecule has 0 radical (unpaired) electrons. The number of benzene rings is 1. The van der Waals surface area contributed by atoms with Gasteiger partial charge in [0, 0.05) is 13.1 Å². The number of nitrogens with one attached hydrogen (secondary N) is 3. The molecule has 7 nitrogen and oxygen atoms in total. The molecule has 1 fully saturated rings. The van der Waals surface area contributed by atoms with E-state index in [4.69, 9.17) is 11.6 Å². The number of hydrogen-bond acceptors (Lipinski definition) is 4. The monoisotopic (exact) mass is 439 g/mol. The second kappa shape index (κ2) is 8.66. The van der Waals surface area contributed by atoms with Gasteiger partial charge >= 0.3 is 0 Å². The zero-order valence-electron chi connectivity index (χ0n) is 14.0. The molecule has 26 heavy (non-hydrogen) atoms. The van der Waals surface area contributed by atoms with Gasteiger partial charge in [-0.1, -0.05) is 36.6 Å². The van der Waals surface area contributed by atoms with E-state index in [1.54, 1.807) is 24.3 Å². The first-order valence-electron chi connectivity index (χ1n) is 8.42. The Bertz CT molecular complexity index is 802. The van der Waals surface area contributed by atoms with Gasteiger partial charge in [-0.3, -0.25) is 20.1 Å². The largest absolute Gasteiger partial charge is 0.306 e. The molecule has 1 aromatic heterocycles. The lowest BCUT2D eigenvalue weighted by molar-refractivity contribution is 0.0787. The number of aromatic nitrogens is 2. The molecule has 0 bridgehead atoms. The van der Waals surface area contributed by atoms with Gasteiger partial charge in [0.05, 0.1) is 15.1 Å². The van der Waals surface area contributed by atoms with Crippen molar-refractivity contribution in [1.82, 2.24) is 20.6 Å². The summed E-state index contributed by atoms with van der Waals surface area (Å²) in [4.78, 5) is 24.8. The van der Waals surface area contributed by atoms with Crippen molar-refractivity contribution < 1.29 is 9.59 Å². The SMILES string of the molecule is O=C(Nc1[nH]nc(C(=O)NN2CCCCCC2)c1Br)c1ccccc1Cl. The van der Waals surface area contributed by atoms with Crippen molar-refractivity contribution in [2.24, 2.45) is 0 Å². The van der Waals surface area contributed by atoms with E-state index in [0.717, 1.165) is 25.9 Å². The zero-order chi connectivity index (χ0) is 18.5. The molecule has 3 rings (SSSR count). The minimum absolute atomic E-state index is 0.184. The van der Waals surface area contributed by atoms with Gasteiger partial charge in [-0.15, -0.1) is 0 Å². The van der Waals surface area contributed by atoms with Crippen LogP contribution in [-0.2, 0) is 0 Å². The minimum Gasteiger partial charge on any atom is -0.306 e. The van der Waals surface area contributed by atoms with Gasteiger partial charge in [-0.25, -0.2) is 5.01 Å².